The average Bonchev–Trinajstić information content (AvgIpc) is 2.94. The van der Waals surface area contributed by atoms with Gasteiger partial charge in [-0.25, -0.2) is 0 Å². The van der Waals surface area contributed by atoms with E-state index < -0.39 is 0 Å². The van der Waals surface area contributed by atoms with Crippen LogP contribution in [0.3, 0.4) is 0 Å². The smallest absolute Gasteiger partial charge is 0.0652 e. The lowest BCUT2D eigenvalue weighted by Crippen LogP contribution is -2.00. The van der Waals surface area contributed by atoms with E-state index in [1.165, 1.54) is 17.7 Å². The van der Waals surface area contributed by atoms with Crippen molar-refractivity contribution < 1.29 is 0 Å². The number of aryl methyl sites for hydroxylation is 2. The second-order valence-corrected chi connectivity index (χ2v) is 5.24. The summed E-state index contributed by atoms with van der Waals surface area (Å²) in [6.07, 6.45) is 8.42. The van der Waals surface area contributed by atoms with E-state index in [1.54, 1.807) is 0 Å². The highest BCUT2D eigenvalue weighted by atomic mass is 15.2. The SMILES string of the molecule is CC(CCC(C)c1ccn(C)n1)c1cnn(C)c1. The first-order valence-corrected chi connectivity index (χ1v) is 6.54. The van der Waals surface area contributed by atoms with E-state index in [1.807, 2.05) is 35.9 Å². The van der Waals surface area contributed by atoms with Crippen LogP contribution < -0.4 is 0 Å². The number of hydrogen-bond donors (Lipinski definition) is 0. The molecule has 0 N–H and O–H groups in total. The fourth-order valence-corrected chi connectivity index (χ4v) is 2.21. The molecule has 0 amide bonds. The highest BCUT2D eigenvalue weighted by molar-refractivity contribution is 5.11. The number of nitrogens with zero attached hydrogens (tertiary/aromatic N) is 4. The fraction of sp³-hybridized carbons (Fsp3) is 0.571. The summed E-state index contributed by atoms with van der Waals surface area (Å²) in [5.74, 6) is 1.08. The monoisotopic (exact) mass is 246 g/mol. The second kappa shape index (κ2) is 5.38. The predicted molar refractivity (Wildman–Crippen MR) is 72.5 cm³/mol. The van der Waals surface area contributed by atoms with Crippen LogP contribution in [-0.2, 0) is 14.1 Å². The van der Waals surface area contributed by atoms with E-state index >= 15 is 0 Å². The van der Waals surface area contributed by atoms with Gasteiger partial charge in [0.15, 0.2) is 0 Å². The zero-order chi connectivity index (χ0) is 13.1. The van der Waals surface area contributed by atoms with Crippen LogP contribution in [0.4, 0.5) is 0 Å². The Morgan fingerprint density at radius 2 is 1.83 bits per heavy atom. The summed E-state index contributed by atoms with van der Waals surface area (Å²) in [6.45, 7) is 4.51. The first kappa shape index (κ1) is 12.9. The topological polar surface area (TPSA) is 35.6 Å². The minimum absolute atomic E-state index is 0.519. The molecule has 2 aromatic heterocycles. The standard InChI is InChI=1S/C14H22N4/c1-11(13-9-15-18(4)10-13)5-6-12(2)14-7-8-17(3)16-14/h7-12H,5-6H2,1-4H3. The molecule has 0 aromatic carbocycles. The lowest BCUT2D eigenvalue weighted by atomic mass is 9.93. The maximum atomic E-state index is 4.47. The minimum Gasteiger partial charge on any atom is -0.276 e. The Labute approximate surface area is 109 Å². The van der Waals surface area contributed by atoms with Gasteiger partial charge >= 0.3 is 0 Å². The summed E-state index contributed by atoms with van der Waals surface area (Å²) in [4.78, 5) is 0. The molecule has 0 bridgehead atoms. The van der Waals surface area contributed by atoms with Crippen molar-refractivity contribution in [2.45, 2.75) is 38.5 Å². The molecular formula is C14H22N4. The summed E-state index contributed by atoms with van der Waals surface area (Å²) in [5.41, 5.74) is 2.52. The van der Waals surface area contributed by atoms with Crippen molar-refractivity contribution in [1.29, 1.82) is 0 Å². The normalized spacial score (nSPS) is 14.7. The molecule has 0 fully saturated rings. The van der Waals surface area contributed by atoms with E-state index in [0.29, 0.717) is 11.8 Å². The van der Waals surface area contributed by atoms with Crippen molar-refractivity contribution in [1.82, 2.24) is 19.6 Å². The van der Waals surface area contributed by atoms with Crippen LogP contribution in [0.25, 0.3) is 0 Å². The van der Waals surface area contributed by atoms with Crippen molar-refractivity contribution in [3.05, 3.63) is 35.9 Å². The van der Waals surface area contributed by atoms with Gasteiger partial charge in [-0.05, 0) is 30.4 Å². The molecule has 4 heteroatoms. The third-order valence-corrected chi connectivity index (χ3v) is 3.57. The molecular weight excluding hydrogens is 224 g/mol. The summed E-state index contributed by atoms with van der Waals surface area (Å²) in [6, 6.07) is 2.11. The van der Waals surface area contributed by atoms with Gasteiger partial charge < -0.3 is 0 Å². The molecule has 0 aliphatic rings. The van der Waals surface area contributed by atoms with Crippen molar-refractivity contribution in [2.24, 2.45) is 14.1 Å². The molecule has 2 unspecified atom stereocenters. The van der Waals surface area contributed by atoms with E-state index in [0.717, 1.165) is 6.42 Å². The van der Waals surface area contributed by atoms with Crippen LogP contribution in [-0.4, -0.2) is 19.6 Å². The van der Waals surface area contributed by atoms with Gasteiger partial charge in [-0.15, -0.1) is 0 Å². The van der Waals surface area contributed by atoms with Crippen LogP contribution in [0.2, 0.25) is 0 Å². The van der Waals surface area contributed by atoms with Crippen LogP contribution >= 0.6 is 0 Å². The summed E-state index contributed by atoms with van der Waals surface area (Å²) < 4.78 is 3.74. The van der Waals surface area contributed by atoms with Gasteiger partial charge in [-0.2, -0.15) is 10.2 Å². The highest BCUT2D eigenvalue weighted by Crippen LogP contribution is 2.26. The van der Waals surface area contributed by atoms with Gasteiger partial charge in [-0.3, -0.25) is 9.36 Å². The van der Waals surface area contributed by atoms with Crippen LogP contribution in [0.15, 0.2) is 24.7 Å². The quantitative estimate of drug-likeness (QED) is 0.813. The molecule has 98 valence electrons. The van der Waals surface area contributed by atoms with Gasteiger partial charge in [0.05, 0.1) is 11.9 Å². The Kier molecular flexibility index (Phi) is 3.84. The van der Waals surface area contributed by atoms with Gasteiger partial charge in [0.2, 0.25) is 0 Å². The van der Waals surface area contributed by atoms with E-state index in [-0.39, 0.29) is 0 Å². The second-order valence-electron chi connectivity index (χ2n) is 5.24. The zero-order valence-electron chi connectivity index (χ0n) is 11.7. The third kappa shape index (κ3) is 3.00. The Morgan fingerprint density at radius 1 is 1.11 bits per heavy atom. The van der Waals surface area contributed by atoms with Gasteiger partial charge in [0.1, 0.15) is 0 Å². The first-order chi connectivity index (χ1) is 8.56. The van der Waals surface area contributed by atoms with Crippen molar-refractivity contribution in [3.8, 4) is 0 Å². The third-order valence-electron chi connectivity index (χ3n) is 3.57. The first-order valence-electron chi connectivity index (χ1n) is 6.54. The molecule has 0 saturated heterocycles. The molecule has 0 spiro atoms. The lowest BCUT2D eigenvalue weighted by Gasteiger charge is -2.12. The molecule has 0 saturated carbocycles. The van der Waals surface area contributed by atoms with Crippen LogP contribution in [0, 0.1) is 0 Å². The van der Waals surface area contributed by atoms with E-state index in [4.69, 9.17) is 0 Å². The number of hydrogen-bond acceptors (Lipinski definition) is 2. The molecule has 0 aliphatic carbocycles. The molecule has 2 aromatic rings. The maximum Gasteiger partial charge on any atom is 0.0652 e. The minimum atomic E-state index is 0.519. The largest absolute Gasteiger partial charge is 0.276 e. The molecule has 2 atom stereocenters. The Hall–Kier alpha value is -1.58. The molecule has 18 heavy (non-hydrogen) atoms. The van der Waals surface area contributed by atoms with Gasteiger partial charge in [0, 0.05) is 32.4 Å². The molecule has 2 rings (SSSR count). The summed E-state index contributed by atoms with van der Waals surface area (Å²) >= 11 is 0. The van der Waals surface area contributed by atoms with Gasteiger partial charge in [0.25, 0.3) is 0 Å². The number of aromatic nitrogens is 4. The Bertz CT molecular complexity index is 451. The van der Waals surface area contributed by atoms with Gasteiger partial charge in [-0.1, -0.05) is 13.8 Å². The maximum absolute atomic E-state index is 4.47. The van der Waals surface area contributed by atoms with Crippen LogP contribution in [0.5, 0.6) is 0 Å². The Morgan fingerprint density at radius 3 is 2.39 bits per heavy atom. The predicted octanol–water partition coefficient (Wildman–Crippen LogP) is 2.84. The lowest BCUT2D eigenvalue weighted by molar-refractivity contribution is 0.558. The zero-order valence-corrected chi connectivity index (χ0v) is 11.7. The highest BCUT2D eigenvalue weighted by Gasteiger charge is 2.13. The Balaban J connectivity index is 1.88. The molecule has 0 aliphatic heterocycles. The summed E-state index contributed by atoms with van der Waals surface area (Å²) in [7, 11) is 3.93. The number of rotatable bonds is 5. The van der Waals surface area contributed by atoms with Crippen molar-refractivity contribution >= 4 is 0 Å². The average molecular weight is 246 g/mol. The van der Waals surface area contributed by atoms with Crippen molar-refractivity contribution in [3.63, 3.8) is 0 Å². The summed E-state index contributed by atoms with van der Waals surface area (Å²) in [5, 5.41) is 8.69. The van der Waals surface area contributed by atoms with Crippen molar-refractivity contribution in [2.75, 3.05) is 0 Å². The molecule has 2 heterocycles. The molecule has 4 nitrogen and oxygen atoms in total. The van der Waals surface area contributed by atoms with Crippen LogP contribution in [0.1, 0.15) is 49.8 Å². The van der Waals surface area contributed by atoms with E-state index in [2.05, 4.69) is 36.3 Å². The van der Waals surface area contributed by atoms with E-state index in [9.17, 15) is 0 Å². The fourth-order valence-electron chi connectivity index (χ4n) is 2.21. The molecule has 0 radical (unpaired) electrons.